The number of alkyl halides is 3. The number of nitrogens with two attached hydrogens (primary N) is 1. The number of rotatable bonds is 4. The van der Waals surface area contributed by atoms with Gasteiger partial charge in [0.1, 0.15) is 12.2 Å². The Hall–Kier alpha value is -3.24. The van der Waals surface area contributed by atoms with Crippen molar-refractivity contribution >= 4 is 5.91 Å². The van der Waals surface area contributed by atoms with Crippen molar-refractivity contribution in [3.05, 3.63) is 47.3 Å². The topological polar surface area (TPSA) is 115 Å². The highest BCUT2D eigenvalue weighted by atomic mass is 19.4. The minimum atomic E-state index is -4.40. The van der Waals surface area contributed by atoms with Gasteiger partial charge in [0.2, 0.25) is 5.82 Å². The monoisotopic (exact) mass is 337 g/mol. The lowest BCUT2D eigenvalue weighted by atomic mass is 10.1. The predicted octanol–water partition coefficient (Wildman–Crippen LogP) is 1.23. The Labute approximate surface area is 132 Å². The van der Waals surface area contributed by atoms with E-state index in [1.807, 2.05) is 0 Å². The zero-order valence-electron chi connectivity index (χ0n) is 11.9. The van der Waals surface area contributed by atoms with Crippen molar-refractivity contribution < 1.29 is 18.0 Å². The first-order chi connectivity index (χ1) is 11.3. The first-order valence-electron chi connectivity index (χ1n) is 6.62. The molecule has 0 saturated heterocycles. The lowest BCUT2D eigenvalue weighted by Gasteiger charge is -2.05. The van der Waals surface area contributed by atoms with Crippen molar-refractivity contribution in [1.29, 1.82) is 0 Å². The third kappa shape index (κ3) is 3.24. The van der Waals surface area contributed by atoms with E-state index in [4.69, 9.17) is 5.73 Å². The maximum absolute atomic E-state index is 12.5. The Morgan fingerprint density at radius 2 is 1.96 bits per heavy atom. The molecule has 3 N–H and O–H groups in total. The van der Waals surface area contributed by atoms with Gasteiger partial charge in [-0.1, -0.05) is 12.1 Å². The molecule has 0 spiro atoms. The number of tetrazole rings is 1. The third-order valence-corrected chi connectivity index (χ3v) is 3.12. The van der Waals surface area contributed by atoms with E-state index in [0.29, 0.717) is 11.3 Å². The second-order valence-corrected chi connectivity index (χ2v) is 4.86. The van der Waals surface area contributed by atoms with Crippen LogP contribution in [-0.2, 0) is 12.7 Å². The van der Waals surface area contributed by atoms with Crippen LogP contribution in [0.15, 0.2) is 30.3 Å². The summed E-state index contributed by atoms with van der Waals surface area (Å²) in [5.41, 5.74) is 5.34. The van der Waals surface area contributed by atoms with Gasteiger partial charge in [0.25, 0.3) is 5.91 Å². The predicted molar refractivity (Wildman–Crippen MR) is 74.5 cm³/mol. The molecule has 11 heteroatoms. The van der Waals surface area contributed by atoms with Gasteiger partial charge in [0.05, 0.1) is 11.3 Å². The van der Waals surface area contributed by atoms with Crippen LogP contribution in [-0.4, -0.2) is 36.3 Å². The smallest absolute Gasteiger partial charge is 0.364 e. The van der Waals surface area contributed by atoms with E-state index in [0.717, 1.165) is 12.1 Å². The summed E-state index contributed by atoms with van der Waals surface area (Å²) in [5.74, 6) is -0.493. The van der Waals surface area contributed by atoms with Crippen LogP contribution in [0.5, 0.6) is 0 Å². The molecule has 2 aromatic heterocycles. The second-order valence-electron chi connectivity index (χ2n) is 4.86. The first-order valence-corrected chi connectivity index (χ1v) is 6.62. The molecule has 3 rings (SSSR count). The average molecular weight is 337 g/mol. The van der Waals surface area contributed by atoms with Crippen LogP contribution in [0.3, 0.4) is 0 Å². The maximum Gasteiger partial charge on any atom is 0.416 e. The number of nitrogens with one attached hydrogen (secondary N) is 1. The van der Waals surface area contributed by atoms with Crippen LogP contribution in [0.25, 0.3) is 11.4 Å². The number of aromatic nitrogens is 6. The molecule has 0 saturated carbocycles. The minimum Gasteiger partial charge on any atom is -0.364 e. The highest BCUT2D eigenvalue weighted by Crippen LogP contribution is 2.30. The number of primary amides is 1. The highest BCUT2D eigenvalue weighted by molar-refractivity contribution is 5.90. The lowest BCUT2D eigenvalue weighted by Crippen LogP contribution is -2.11. The normalized spacial score (nSPS) is 11.6. The molecule has 3 aromatic rings. The van der Waals surface area contributed by atoms with Crippen molar-refractivity contribution in [1.82, 2.24) is 30.4 Å². The Kier molecular flexibility index (Phi) is 3.75. The van der Waals surface area contributed by atoms with E-state index in [1.54, 1.807) is 0 Å². The quantitative estimate of drug-likeness (QED) is 0.743. The fraction of sp³-hybridized carbons (Fsp3) is 0.154. The highest BCUT2D eigenvalue weighted by Gasteiger charge is 2.30. The molecule has 124 valence electrons. The van der Waals surface area contributed by atoms with Gasteiger partial charge in [0, 0.05) is 5.56 Å². The molecule has 0 fully saturated rings. The molecule has 2 heterocycles. The standard InChI is InChI=1S/C13H10F3N7O/c14-13(15,16)8-3-1-7(2-4-8)12-20-22-23(21-12)6-9-5-10(11(17)24)19-18-9/h1-5H,6H2,(H2,17,24)(H,18,19). The molecule has 0 atom stereocenters. The van der Waals surface area contributed by atoms with Gasteiger partial charge in [0.15, 0.2) is 0 Å². The van der Waals surface area contributed by atoms with Crippen LogP contribution in [0.1, 0.15) is 21.7 Å². The number of aromatic amines is 1. The summed E-state index contributed by atoms with van der Waals surface area (Å²) in [6.07, 6.45) is -4.40. The van der Waals surface area contributed by atoms with Crippen LogP contribution in [0, 0.1) is 0 Å². The van der Waals surface area contributed by atoms with Crippen molar-refractivity contribution in [2.45, 2.75) is 12.7 Å². The Bertz CT molecular complexity index is 866. The largest absolute Gasteiger partial charge is 0.416 e. The van der Waals surface area contributed by atoms with Gasteiger partial charge in [-0.25, -0.2) is 0 Å². The van der Waals surface area contributed by atoms with Crippen molar-refractivity contribution in [3.63, 3.8) is 0 Å². The minimum absolute atomic E-state index is 0.0769. The number of hydrogen-bond donors (Lipinski definition) is 2. The van der Waals surface area contributed by atoms with E-state index in [2.05, 4.69) is 25.6 Å². The van der Waals surface area contributed by atoms with E-state index in [1.165, 1.54) is 23.0 Å². The summed E-state index contributed by atoms with van der Waals surface area (Å²) < 4.78 is 37.6. The Morgan fingerprint density at radius 3 is 2.54 bits per heavy atom. The fourth-order valence-electron chi connectivity index (χ4n) is 1.96. The van der Waals surface area contributed by atoms with Gasteiger partial charge in [-0.3, -0.25) is 9.89 Å². The first kappa shape index (κ1) is 15.6. The van der Waals surface area contributed by atoms with E-state index in [-0.39, 0.29) is 18.1 Å². The van der Waals surface area contributed by atoms with Gasteiger partial charge >= 0.3 is 6.18 Å². The zero-order valence-corrected chi connectivity index (χ0v) is 11.9. The average Bonchev–Trinajstić information content (AvgIpc) is 3.16. The van der Waals surface area contributed by atoms with Crippen molar-refractivity contribution in [2.75, 3.05) is 0 Å². The molecule has 1 aromatic carbocycles. The molecule has 0 radical (unpaired) electrons. The molecule has 0 aliphatic carbocycles. The number of benzene rings is 1. The summed E-state index contributed by atoms with van der Waals surface area (Å²) in [6, 6.07) is 5.88. The molecule has 0 bridgehead atoms. The molecule has 1 amide bonds. The van der Waals surface area contributed by atoms with Gasteiger partial charge in [-0.2, -0.15) is 23.1 Å². The fourth-order valence-corrected chi connectivity index (χ4v) is 1.96. The number of nitrogens with zero attached hydrogens (tertiary/aromatic N) is 5. The number of halogens is 3. The molecule has 8 nitrogen and oxygen atoms in total. The zero-order chi connectivity index (χ0) is 17.3. The summed E-state index contributed by atoms with van der Waals surface area (Å²) >= 11 is 0. The number of carbonyl (C=O) groups excluding carboxylic acids is 1. The Morgan fingerprint density at radius 1 is 1.25 bits per heavy atom. The van der Waals surface area contributed by atoms with Gasteiger partial charge in [-0.15, -0.1) is 10.2 Å². The van der Waals surface area contributed by atoms with Crippen LogP contribution in [0.4, 0.5) is 13.2 Å². The molecule has 24 heavy (non-hydrogen) atoms. The number of H-pyrrole nitrogens is 1. The van der Waals surface area contributed by atoms with Crippen molar-refractivity contribution in [2.24, 2.45) is 5.73 Å². The molecular weight excluding hydrogens is 327 g/mol. The summed E-state index contributed by atoms with van der Waals surface area (Å²) in [5, 5.41) is 18.0. The molecular formula is C13H10F3N7O. The van der Waals surface area contributed by atoms with Gasteiger partial charge < -0.3 is 5.73 Å². The molecule has 0 aliphatic heterocycles. The third-order valence-electron chi connectivity index (χ3n) is 3.12. The molecule has 0 aliphatic rings. The lowest BCUT2D eigenvalue weighted by molar-refractivity contribution is -0.137. The summed E-state index contributed by atoms with van der Waals surface area (Å²) in [6.45, 7) is 0.147. The van der Waals surface area contributed by atoms with Crippen molar-refractivity contribution in [3.8, 4) is 11.4 Å². The van der Waals surface area contributed by atoms with E-state index < -0.39 is 17.6 Å². The SMILES string of the molecule is NC(=O)c1cc(Cn2nnc(-c3ccc(C(F)(F)F)cc3)n2)[nH]n1. The van der Waals surface area contributed by atoms with Gasteiger partial charge in [-0.05, 0) is 23.4 Å². The summed E-state index contributed by atoms with van der Waals surface area (Å²) in [4.78, 5) is 12.2. The Balaban J connectivity index is 1.76. The van der Waals surface area contributed by atoms with Crippen LogP contribution in [0.2, 0.25) is 0 Å². The number of hydrogen-bond acceptors (Lipinski definition) is 5. The second kappa shape index (κ2) is 5.76. The molecule has 0 unspecified atom stereocenters. The van der Waals surface area contributed by atoms with Crippen LogP contribution < -0.4 is 5.73 Å². The van der Waals surface area contributed by atoms with E-state index in [9.17, 15) is 18.0 Å². The number of carbonyl (C=O) groups is 1. The summed E-state index contributed by atoms with van der Waals surface area (Å²) in [7, 11) is 0. The maximum atomic E-state index is 12.5. The van der Waals surface area contributed by atoms with Crippen LogP contribution >= 0.6 is 0 Å². The number of amides is 1. The van der Waals surface area contributed by atoms with E-state index >= 15 is 0 Å².